The third-order valence-electron chi connectivity index (χ3n) is 9.09. The standard InChI is InChI=1S/C41H52N8O3/c42-35(25-28-16-19-32(20-17-28)30-10-3-1-4-11-30)38(51)27-34(14-9-23-48-41(45)46)39(52)49-36(37(50)15-5-2-8-22-47-40(43)44)26-29-18-21-31-12-6-7-13-33(31)24-29/h1,3-4,6-7,10-13,16-21,24,34-36H,2,5,8-9,14-15,22-23,25-27,42H2,(H,49,52)(H4,43,44,47)(H4,45,46,48)/t34-,35+,36+/m1/s1. The smallest absolute Gasteiger partial charge is 0.224 e. The number of rotatable bonds is 21. The Hall–Kier alpha value is -5.55. The lowest BCUT2D eigenvalue weighted by atomic mass is 9.90. The topological polar surface area (TPSA) is 218 Å². The largest absolute Gasteiger partial charge is 0.370 e. The van der Waals surface area contributed by atoms with Gasteiger partial charge in [0.15, 0.2) is 23.5 Å². The van der Waals surface area contributed by atoms with E-state index in [-0.39, 0.29) is 42.2 Å². The second-order valence-corrected chi connectivity index (χ2v) is 13.2. The number of nitrogens with one attached hydrogen (secondary N) is 1. The zero-order valence-corrected chi connectivity index (χ0v) is 29.8. The van der Waals surface area contributed by atoms with Crippen molar-refractivity contribution in [3.63, 3.8) is 0 Å². The number of nitrogens with two attached hydrogens (primary N) is 5. The Morgan fingerprint density at radius 1 is 0.615 bits per heavy atom. The van der Waals surface area contributed by atoms with Gasteiger partial charge in [-0.15, -0.1) is 0 Å². The van der Waals surface area contributed by atoms with Gasteiger partial charge < -0.3 is 34.0 Å². The fourth-order valence-corrected chi connectivity index (χ4v) is 6.20. The van der Waals surface area contributed by atoms with Crippen molar-refractivity contribution in [2.75, 3.05) is 13.1 Å². The number of benzene rings is 4. The van der Waals surface area contributed by atoms with Gasteiger partial charge in [-0.05, 0) is 71.6 Å². The molecular formula is C41H52N8O3. The number of carbonyl (C=O) groups excluding carboxylic acids is 3. The van der Waals surface area contributed by atoms with Crippen molar-refractivity contribution in [1.82, 2.24) is 5.32 Å². The fraction of sp³-hybridized carbons (Fsp3) is 0.341. The Balaban J connectivity index is 1.46. The molecule has 0 unspecified atom stereocenters. The lowest BCUT2D eigenvalue weighted by molar-refractivity contribution is -0.133. The van der Waals surface area contributed by atoms with E-state index in [1.54, 1.807) is 0 Å². The highest BCUT2D eigenvalue weighted by atomic mass is 16.2. The first-order valence-electron chi connectivity index (χ1n) is 17.9. The number of aliphatic imine (C=N–C) groups is 2. The molecule has 11 N–H and O–H groups in total. The van der Waals surface area contributed by atoms with Crippen molar-refractivity contribution in [2.45, 2.75) is 69.9 Å². The van der Waals surface area contributed by atoms with Crippen LogP contribution in [-0.2, 0) is 27.2 Å². The molecule has 11 heteroatoms. The first kappa shape index (κ1) is 39.2. The molecule has 0 aliphatic carbocycles. The van der Waals surface area contributed by atoms with E-state index < -0.39 is 18.0 Å². The summed E-state index contributed by atoms with van der Waals surface area (Å²) in [4.78, 5) is 49.2. The summed E-state index contributed by atoms with van der Waals surface area (Å²) in [6.07, 6.45) is 3.80. The average molecular weight is 705 g/mol. The first-order valence-corrected chi connectivity index (χ1v) is 17.9. The molecule has 0 radical (unpaired) electrons. The molecule has 1 amide bonds. The second kappa shape index (κ2) is 20.3. The highest BCUT2D eigenvalue weighted by Gasteiger charge is 2.29. The lowest BCUT2D eigenvalue weighted by Gasteiger charge is -2.23. The zero-order valence-electron chi connectivity index (χ0n) is 29.8. The molecule has 11 nitrogen and oxygen atoms in total. The number of Topliss-reactive ketones (excluding diaryl/α,β-unsaturated/α-hetero) is 2. The van der Waals surface area contributed by atoms with Gasteiger partial charge in [-0.3, -0.25) is 24.4 Å². The minimum atomic E-state index is -0.801. The molecule has 0 aliphatic heterocycles. The normalized spacial score (nSPS) is 12.7. The van der Waals surface area contributed by atoms with Gasteiger partial charge in [0.2, 0.25) is 5.91 Å². The molecular weight excluding hydrogens is 653 g/mol. The van der Waals surface area contributed by atoms with Crippen molar-refractivity contribution >= 4 is 40.2 Å². The van der Waals surface area contributed by atoms with E-state index in [0.717, 1.165) is 45.9 Å². The van der Waals surface area contributed by atoms with Crippen LogP contribution >= 0.6 is 0 Å². The van der Waals surface area contributed by atoms with Crippen LogP contribution in [0, 0.1) is 5.92 Å². The highest BCUT2D eigenvalue weighted by molar-refractivity contribution is 5.93. The molecule has 0 spiro atoms. The van der Waals surface area contributed by atoms with E-state index >= 15 is 0 Å². The number of ketones is 2. The monoisotopic (exact) mass is 704 g/mol. The molecule has 4 aromatic carbocycles. The number of hydrogen-bond acceptors (Lipinski definition) is 6. The fourth-order valence-electron chi connectivity index (χ4n) is 6.20. The molecule has 4 rings (SSSR count). The summed E-state index contributed by atoms with van der Waals surface area (Å²) in [7, 11) is 0. The number of unbranched alkanes of at least 4 members (excludes halogenated alkanes) is 2. The zero-order chi connectivity index (χ0) is 37.3. The van der Waals surface area contributed by atoms with Crippen molar-refractivity contribution in [3.8, 4) is 11.1 Å². The Kier molecular flexibility index (Phi) is 15.3. The number of amides is 1. The molecule has 0 bridgehead atoms. The van der Waals surface area contributed by atoms with E-state index in [2.05, 4.69) is 15.3 Å². The van der Waals surface area contributed by atoms with Crippen LogP contribution < -0.4 is 34.0 Å². The number of hydrogen-bond donors (Lipinski definition) is 6. The maximum atomic E-state index is 14.0. The summed E-state index contributed by atoms with van der Waals surface area (Å²) >= 11 is 0. The molecule has 0 aliphatic rings. The summed E-state index contributed by atoms with van der Waals surface area (Å²) < 4.78 is 0. The number of fused-ring (bicyclic) bond motifs is 1. The minimum Gasteiger partial charge on any atom is -0.370 e. The third kappa shape index (κ3) is 13.0. The predicted octanol–water partition coefficient (Wildman–Crippen LogP) is 4.14. The average Bonchev–Trinajstić information content (AvgIpc) is 3.14. The van der Waals surface area contributed by atoms with Gasteiger partial charge in [0, 0.05) is 31.8 Å². The molecule has 0 saturated heterocycles. The van der Waals surface area contributed by atoms with Gasteiger partial charge in [-0.1, -0.05) is 103 Å². The Bertz CT molecular complexity index is 1820. The molecule has 0 fully saturated rings. The van der Waals surface area contributed by atoms with Crippen molar-refractivity contribution < 1.29 is 14.4 Å². The number of carbonyl (C=O) groups is 3. The van der Waals surface area contributed by atoms with Crippen LogP contribution in [0.25, 0.3) is 21.9 Å². The van der Waals surface area contributed by atoms with Gasteiger partial charge in [0.25, 0.3) is 0 Å². The van der Waals surface area contributed by atoms with Gasteiger partial charge in [0.1, 0.15) is 0 Å². The molecule has 0 heterocycles. The Morgan fingerprint density at radius 3 is 1.92 bits per heavy atom. The van der Waals surface area contributed by atoms with Crippen LogP contribution in [-0.4, -0.2) is 54.6 Å². The van der Waals surface area contributed by atoms with Crippen LogP contribution in [0.3, 0.4) is 0 Å². The molecule has 3 atom stereocenters. The van der Waals surface area contributed by atoms with Gasteiger partial charge in [0.05, 0.1) is 12.1 Å². The van der Waals surface area contributed by atoms with Crippen LogP contribution in [0.1, 0.15) is 56.1 Å². The predicted molar refractivity (Wildman–Crippen MR) is 210 cm³/mol. The van der Waals surface area contributed by atoms with Crippen LogP contribution in [0.4, 0.5) is 0 Å². The van der Waals surface area contributed by atoms with Crippen molar-refractivity contribution in [2.24, 2.45) is 44.6 Å². The minimum absolute atomic E-state index is 0.0408. The van der Waals surface area contributed by atoms with E-state index in [1.165, 1.54) is 0 Å². The van der Waals surface area contributed by atoms with E-state index in [1.807, 2.05) is 97.1 Å². The van der Waals surface area contributed by atoms with Crippen LogP contribution in [0.15, 0.2) is 107 Å². The summed E-state index contributed by atoms with van der Waals surface area (Å²) in [6.45, 7) is 0.796. The lowest BCUT2D eigenvalue weighted by Crippen LogP contribution is -2.46. The molecule has 274 valence electrons. The highest BCUT2D eigenvalue weighted by Crippen LogP contribution is 2.22. The third-order valence-corrected chi connectivity index (χ3v) is 9.09. The number of nitrogens with zero attached hydrogens (tertiary/aromatic N) is 2. The van der Waals surface area contributed by atoms with Crippen LogP contribution in [0.2, 0.25) is 0 Å². The van der Waals surface area contributed by atoms with E-state index in [4.69, 9.17) is 28.7 Å². The summed E-state index contributed by atoms with van der Waals surface area (Å²) in [5, 5.41) is 5.15. The molecule has 4 aromatic rings. The Morgan fingerprint density at radius 2 is 1.23 bits per heavy atom. The first-order chi connectivity index (χ1) is 25.1. The summed E-state index contributed by atoms with van der Waals surface area (Å²) in [6, 6.07) is 30.4. The molecule has 0 saturated carbocycles. The van der Waals surface area contributed by atoms with Crippen molar-refractivity contribution in [1.29, 1.82) is 0 Å². The van der Waals surface area contributed by atoms with E-state index in [9.17, 15) is 14.4 Å². The summed E-state index contributed by atoms with van der Waals surface area (Å²) in [5.74, 6) is -1.41. The second-order valence-electron chi connectivity index (χ2n) is 13.2. The molecule has 0 aromatic heterocycles. The maximum Gasteiger partial charge on any atom is 0.224 e. The SMILES string of the molecule is NC(N)=NCCCCCC(=O)[C@H](Cc1ccc2ccccc2c1)NC(=O)[C@H](CCCN=C(N)N)CC(=O)[C@@H](N)Cc1ccc(-c2ccccc2)cc1. The van der Waals surface area contributed by atoms with Gasteiger partial charge in [-0.2, -0.15) is 0 Å². The number of guanidine groups is 2. The Labute approximate surface area is 306 Å². The van der Waals surface area contributed by atoms with E-state index in [0.29, 0.717) is 45.2 Å². The quantitative estimate of drug-likeness (QED) is 0.0420. The van der Waals surface area contributed by atoms with Crippen molar-refractivity contribution in [3.05, 3.63) is 108 Å². The van der Waals surface area contributed by atoms with Gasteiger partial charge in [-0.25, -0.2) is 0 Å². The maximum absolute atomic E-state index is 14.0. The summed E-state index contributed by atoms with van der Waals surface area (Å²) in [5.41, 5.74) is 32.3. The molecule has 52 heavy (non-hydrogen) atoms. The van der Waals surface area contributed by atoms with Crippen LogP contribution in [0.5, 0.6) is 0 Å². The van der Waals surface area contributed by atoms with Gasteiger partial charge >= 0.3 is 0 Å².